The zero-order chi connectivity index (χ0) is 15.2. The molecule has 0 saturated carbocycles. The average Bonchev–Trinajstić information content (AvgIpc) is 2.53. The number of hydrogen-bond donors (Lipinski definition) is 3. The highest BCUT2D eigenvalue weighted by Gasteiger charge is 2.13. The summed E-state index contributed by atoms with van der Waals surface area (Å²) in [7, 11) is 0. The zero-order valence-electron chi connectivity index (χ0n) is 12.2. The van der Waals surface area contributed by atoms with Crippen molar-refractivity contribution in [3.05, 3.63) is 42.0 Å². The fraction of sp³-hybridized carbons (Fsp3) is 0.312. The molecule has 5 heteroatoms. The Bertz CT molecular complexity index is 634. The summed E-state index contributed by atoms with van der Waals surface area (Å²) >= 11 is 0. The summed E-state index contributed by atoms with van der Waals surface area (Å²) < 4.78 is 0. The van der Waals surface area contributed by atoms with E-state index in [9.17, 15) is 5.11 Å². The van der Waals surface area contributed by atoms with Gasteiger partial charge in [0.2, 0.25) is 0 Å². The van der Waals surface area contributed by atoms with Crippen LogP contribution in [0.2, 0.25) is 0 Å². The first-order chi connectivity index (χ1) is 10.2. The van der Waals surface area contributed by atoms with Gasteiger partial charge in [0, 0.05) is 29.7 Å². The first-order valence-corrected chi connectivity index (χ1v) is 7.08. The van der Waals surface area contributed by atoms with Gasteiger partial charge >= 0.3 is 0 Å². The average molecular weight is 287 g/mol. The van der Waals surface area contributed by atoms with Crippen LogP contribution < -0.4 is 10.6 Å². The van der Waals surface area contributed by atoms with Gasteiger partial charge in [0.15, 0.2) is 5.84 Å². The number of fused-ring (bicyclic) bond motifs is 1. The predicted octanol–water partition coefficient (Wildman–Crippen LogP) is 2.14. The first kappa shape index (κ1) is 15.1. The maximum Gasteiger partial charge on any atom is 0.170 e. The molecule has 5 nitrogen and oxygen atoms in total. The highest BCUT2D eigenvalue weighted by Crippen LogP contribution is 2.29. The number of amidine groups is 1. The van der Waals surface area contributed by atoms with Gasteiger partial charge in [-0.25, -0.2) is 0 Å². The second kappa shape index (κ2) is 6.95. The van der Waals surface area contributed by atoms with Gasteiger partial charge in [0.25, 0.3) is 0 Å². The van der Waals surface area contributed by atoms with E-state index >= 15 is 0 Å². The van der Waals surface area contributed by atoms with Gasteiger partial charge in [-0.3, -0.25) is 0 Å². The SMILES string of the molecule is CCCN(CCO)c1ccc(/C(N)=N/O)c2ccccc12. The van der Waals surface area contributed by atoms with Crippen molar-refractivity contribution < 1.29 is 10.3 Å². The lowest BCUT2D eigenvalue weighted by Crippen LogP contribution is -2.27. The topological polar surface area (TPSA) is 82.1 Å². The minimum atomic E-state index is 0.0990. The largest absolute Gasteiger partial charge is 0.409 e. The number of hydrogen-bond acceptors (Lipinski definition) is 4. The van der Waals surface area contributed by atoms with Crippen LogP contribution in [0.3, 0.4) is 0 Å². The summed E-state index contributed by atoms with van der Waals surface area (Å²) in [6.07, 6.45) is 0.996. The second-order valence-electron chi connectivity index (χ2n) is 4.87. The number of aliphatic hydroxyl groups is 1. The molecule has 0 radical (unpaired) electrons. The molecule has 0 aliphatic carbocycles. The Kier molecular flexibility index (Phi) is 5.00. The van der Waals surface area contributed by atoms with Gasteiger partial charge < -0.3 is 20.9 Å². The summed E-state index contributed by atoms with van der Waals surface area (Å²) in [5.74, 6) is 0.0990. The third-order valence-corrected chi connectivity index (χ3v) is 3.49. The molecule has 0 aromatic heterocycles. The molecular formula is C16H21N3O2. The summed E-state index contributed by atoms with van der Waals surface area (Å²) in [5.41, 5.74) is 7.51. The molecule has 0 saturated heterocycles. The van der Waals surface area contributed by atoms with Crippen LogP contribution in [0.1, 0.15) is 18.9 Å². The lowest BCUT2D eigenvalue weighted by atomic mass is 10.0. The number of oxime groups is 1. The number of benzene rings is 2. The lowest BCUT2D eigenvalue weighted by Gasteiger charge is -2.25. The number of aliphatic hydroxyl groups excluding tert-OH is 1. The number of rotatable bonds is 6. The van der Waals surface area contributed by atoms with Crippen LogP contribution in [0.4, 0.5) is 5.69 Å². The van der Waals surface area contributed by atoms with E-state index in [0.29, 0.717) is 12.1 Å². The van der Waals surface area contributed by atoms with Gasteiger partial charge in [0.05, 0.1) is 6.61 Å². The molecule has 0 amide bonds. The molecule has 0 atom stereocenters. The van der Waals surface area contributed by atoms with Crippen molar-refractivity contribution in [3.8, 4) is 0 Å². The Hall–Kier alpha value is -2.27. The van der Waals surface area contributed by atoms with Crippen molar-refractivity contribution in [2.75, 3.05) is 24.6 Å². The number of nitrogens with two attached hydrogens (primary N) is 1. The molecule has 2 aromatic rings. The van der Waals surface area contributed by atoms with Crippen LogP contribution in [0, 0.1) is 0 Å². The van der Waals surface area contributed by atoms with Crippen LogP contribution in [0.5, 0.6) is 0 Å². The van der Waals surface area contributed by atoms with Crippen LogP contribution in [0.15, 0.2) is 41.6 Å². The van der Waals surface area contributed by atoms with Crippen LogP contribution in [-0.4, -0.2) is 35.8 Å². The van der Waals surface area contributed by atoms with Gasteiger partial charge in [-0.2, -0.15) is 0 Å². The van der Waals surface area contributed by atoms with Gasteiger partial charge in [-0.1, -0.05) is 36.3 Å². The van der Waals surface area contributed by atoms with Crippen LogP contribution >= 0.6 is 0 Å². The van der Waals surface area contributed by atoms with E-state index in [-0.39, 0.29) is 12.4 Å². The van der Waals surface area contributed by atoms with E-state index in [0.717, 1.165) is 29.4 Å². The molecular weight excluding hydrogens is 266 g/mol. The number of nitrogens with zero attached hydrogens (tertiary/aromatic N) is 2. The quantitative estimate of drug-likeness (QED) is 0.329. The van der Waals surface area contributed by atoms with E-state index < -0.39 is 0 Å². The fourth-order valence-corrected chi connectivity index (χ4v) is 2.58. The maximum atomic E-state index is 9.26. The number of anilines is 1. The predicted molar refractivity (Wildman–Crippen MR) is 86.0 cm³/mol. The molecule has 0 bridgehead atoms. The summed E-state index contributed by atoms with van der Waals surface area (Å²) in [6.45, 7) is 3.67. The molecule has 0 aliphatic rings. The summed E-state index contributed by atoms with van der Waals surface area (Å²) in [4.78, 5) is 2.15. The van der Waals surface area contributed by atoms with Crippen LogP contribution in [-0.2, 0) is 0 Å². The highest BCUT2D eigenvalue weighted by molar-refractivity contribution is 6.11. The lowest BCUT2D eigenvalue weighted by molar-refractivity contribution is 0.302. The molecule has 0 unspecified atom stereocenters. The summed E-state index contributed by atoms with van der Waals surface area (Å²) in [5, 5.41) is 23.2. The van der Waals surface area contributed by atoms with E-state index in [1.165, 1.54) is 0 Å². The minimum absolute atomic E-state index is 0.0990. The van der Waals surface area contributed by atoms with Gasteiger partial charge in [-0.05, 0) is 23.9 Å². The van der Waals surface area contributed by atoms with Crippen molar-refractivity contribution in [1.29, 1.82) is 0 Å². The highest BCUT2D eigenvalue weighted by atomic mass is 16.4. The van der Waals surface area contributed by atoms with E-state index in [4.69, 9.17) is 10.9 Å². The Balaban J connectivity index is 2.61. The van der Waals surface area contributed by atoms with Crippen molar-refractivity contribution >= 4 is 22.3 Å². The molecule has 0 heterocycles. The minimum Gasteiger partial charge on any atom is -0.409 e. The standard InChI is InChI=1S/C16H21N3O2/c1-2-9-19(10-11-20)15-8-7-14(16(17)18-21)12-5-3-4-6-13(12)15/h3-8,20-21H,2,9-11H2,1H3,(H2,17,18). The molecule has 2 aromatic carbocycles. The van der Waals surface area contributed by atoms with Crippen molar-refractivity contribution in [1.82, 2.24) is 0 Å². The van der Waals surface area contributed by atoms with Crippen molar-refractivity contribution in [2.24, 2.45) is 10.9 Å². The monoisotopic (exact) mass is 287 g/mol. The van der Waals surface area contributed by atoms with E-state index in [1.54, 1.807) is 0 Å². The van der Waals surface area contributed by atoms with Gasteiger partial charge in [0.1, 0.15) is 0 Å². The molecule has 0 spiro atoms. The molecule has 4 N–H and O–H groups in total. The first-order valence-electron chi connectivity index (χ1n) is 7.08. The Morgan fingerprint density at radius 2 is 1.86 bits per heavy atom. The molecule has 2 rings (SSSR count). The molecule has 112 valence electrons. The van der Waals surface area contributed by atoms with E-state index in [1.807, 2.05) is 36.4 Å². The zero-order valence-corrected chi connectivity index (χ0v) is 12.2. The molecule has 21 heavy (non-hydrogen) atoms. The summed E-state index contributed by atoms with van der Waals surface area (Å²) in [6, 6.07) is 11.7. The fourth-order valence-electron chi connectivity index (χ4n) is 2.58. The van der Waals surface area contributed by atoms with E-state index in [2.05, 4.69) is 17.0 Å². The second-order valence-corrected chi connectivity index (χ2v) is 4.87. The Morgan fingerprint density at radius 3 is 2.48 bits per heavy atom. The normalized spacial score (nSPS) is 11.8. The smallest absolute Gasteiger partial charge is 0.170 e. The maximum absolute atomic E-state index is 9.26. The molecule has 0 fully saturated rings. The van der Waals surface area contributed by atoms with Crippen LogP contribution in [0.25, 0.3) is 10.8 Å². The third kappa shape index (κ3) is 3.08. The van der Waals surface area contributed by atoms with Crippen molar-refractivity contribution in [2.45, 2.75) is 13.3 Å². The van der Waals surface area contributed by atoms with Crippen molar-refractivity contribution in [3.63, 3.8) is 0 Å². The third-order valence-electron chi connectivity index (χ3n) is 3.49. The Morgan fingerprint density at radius 1 is 1.14 bits per heavy atom. The van der Waals surface area contributed by atoms with Gasteiger partial charge in [-0.15, -0.1) is 0 Å². The molecule has 0 aliphatic heterocycles. The Labute approximate surface area is 124 Å².